The van der Waals surface area contributed by atoms with Crippen LogP contribution in [0.1, 0.15) is 45.1 Å². The summed E-state index contributed by atoms with van der Waals surface area (Å²) in [6.07, 6.45) is 4.23. The summed E-state index contributed by atoms with van der Waals surface area (Å²) >= 11 is 6.31. The van der Waals surface area contributed by atoms with Gasteiger partial charge in [-0.2, -0.15) is 0 Å². The van der Waals surface area contributed by atoms with Crippen molar-refractivity contribution in [1.82, 2.24) is 14.9 Å². The van der Waals surface area contributed by atoms with Gasteiger partial charge in [0.1, 0.15) is 17.3 Å². The highest BCUT2D eigenvalue weighted by molar-refractivity contribution is 6.30. The minimum absolute atomic E-state index is 0.340. The minimum Gasteiger partial charge on any atom is -0.351 e. The second kappa shape index (κ2) is 5.49. The van der Waals surface area contributed by atoms with Gasteiger partial charge in [-0.25, -0.2) is 9.97 Å². The molecular weight excluding hydrogens is 272 g/mol. The maximum Gasteiger partial charge on any atom is 0.138 e. The molecule has 0 aromatic carbocycles. The highest BCUT2D eigenvalue weighted by Crippen LogP contribution is 2.34. The van der Waals surface area contributed by atoms with Gasteiger partial charge in [0.25, 0.3) is 0 Å². The summed E-state index contributed by atoms with van der Waals surface area (Å²) in [4.78, 5) is 13.8. The Bertz CT molecular complexity index is 491. The Morgan fingerprint density at radius 1 is 1.30 bits per heavy atom. The summed E-state index contributed by atoms with van der Waals surface area (Å²) in [5.74, 6) is 1.38. The van der Waals surface area contributed by atoms with E-state index in [-0.39, 0.29) is 0 Å². The highest BCUT2D eigenvalue weighted by Gasteiger charge is 2.36. The van der Waals surface area contributed by atoms with E-state index < -0.39 is 0 Å². The second-order valence-corrected chi connectivity index (χ2v) is 6.71. The molecule has 0 saturated carbocycles. The van der Waals surface area contributed by atoms with E-state index in [4.69, 9.17) is 11.6 Å². The van der Waals surface area contributed by atoms with Gasteiger partial charge in [-0.1, -0.05) is 25.4 Å². The average molecular weight is 295 g/mol. The van der Waals surface area contributed by atoms with E-state index in [2.05, 4.69) is 40.5 Å². The fourth-order valence-electron chi connectivity index (χ4n) is 3.57. The van der Waals surface area contributed by atoms with Crippen LogP contribution in [0.4, 0.5) is 5.82 Å². The van der Waals surface area contributed by atoms with E-state index in [9.17, 15) is 0 Å². The van der Waals surface area contributed by atoms with Crippen molar-refractivity contribution in [1.29, 1.82) is 0 Å². The first kappa shape index (κ1) is 14.1. The van der Waals surface area contributed by atoms with Crippen molar-refractivity contribution >= 4 is 17.4 Å². The molecule has 0 amide bonds. The topological polar surface area (TPSA) is 32.3 Å². The van der Waals surface area contributed by atoms with Gasteiger partial charge in [0.2, 0.25) is 0 Å². The number of nitrogens with zero attached hydrogens (tertiary/aromatic N) is 4. The molecule has 20 heavy (non-hydrogen) atoms. The van der Waals surface area contributed by atoms with E-state index in [1.165, 1.54) is 19.4 Å². The summed E-state index contributed by atoms with van der Waals surface area (Å²) in [6.45, 7) is 10.0. The zero-order chi connectivity index (χ0) is 14.3. The van der Waals surface area contributed by atoms with Gasteiger partial charge in [0, 0.05) is 30.7 Å². The second-order valence-electron chi connectivity index (χ2n) is 6.35. The molecule has 0 radical (unpaired) electrons. The maximum absolute atomic E-state index is 6.31. The molecule has 0 N–H and O–H groups in total. The Balaban J connectivity index is 1.94. The third kappa shape index (κ3) is 2.40. The molecule has 3 rings (SSSR count). The molecular formula is C15H23ClN4. The van der Waals surface area contributed by atoms with Crippen LogP contribution in [-0.2, 0) is 0 Å². The summed E-state index contributed by atoms with van der Waals surface area (Å²) in [5, 5.41) is 0.603. The molecule has 2 saturated heterocycles. The molecule has 110 valence electrons. The lowest BCUT2D eigenvalue weighted by molar-refractivity contribution is 0.202. The number of piperazine rings is 1. The van der Waals surface area contributed by atoms with E-state index in [1.807, 2.05) is 0 Å². The van der Waals surface area contributed by atoms with Crippen LogP contribution in [0.3, 0.4) is 0 Å². The monoisotopic (exact) mass is 294 g/mol. The lowest BCUT2D eigenvalue weighted by Crippen LogP contribution is -2.55. The normalized spacial score (nSPS) is 27.1. The maximum atomic E-state index is 6.31. The summed E-state index contributed by atoms with van der Waals surface area (Å²) in [6, 6.07) is 1.16. The Kier molecular flexibility index (Phi) is 3.87. The zero-order valence-electron chi connectivity index (χ0n) is 12.5. The smallest absolute Gasteiger partial charge is 0.138 e. The molecule has 1 aromatic rings. The molecule has 2 aliphatic heterocycles. The summed E-state index contributed by atoms with van der Waals surface area (Å²) in [5.41, 5.74) is 1.09. The standard InChI is InChI=1S/C15H23ClN4/c1-10(2)13-14(16)17-9-18-15(13)20-8-12-5-4-6-19(12)7-11(20)3/h9-12H,4-8H2,1-3H3. The predicted octanol–water partition coefficient (Wildman–Crippen LogP) is 2.93. The molecule has 0 spiro atoms. The van der Waals surface area contributed by atoms with Crippen LogP contribution in [0, 0.1) is 0 Å². The Morgan fingerprint density at radius 3 is 2.85 bits per heavy atom. The number of rotatable bonds is 2. The van der Waals surface area contributed by atoms with Crippen molar-refractivity contribution < 1.29 is 0 Å². The molecule has 2 aliphatic rings. The van der Waals surface area contributed by atoms with Crippen LogP contribution in [0.15, 0.2) is 6.33 Å². The number of hydrogen-bond donors (Lipinski definition) is 0. The van der Waals surface area contributed by atoms with Gasteiger partial charge in [0.15, 0.2) is 0 Å². The van der Waals surface area contributed by atoms with E-state index in [1.54, 1.807) is 6.33 Å². The lowest BCUT2D eigenvalue weighted by Gasteiger charge is -2.43. The highest BCUT2D eigenvalue weighted by atomic mass is 35.5. The van der Waals surface area contributed by atoms with Crippen molar-refractivity contribution in [2.45, 2.75) is 51.6 Å². The summed E-state index contributed by atoms with van der Waals surface area (Å²) in [7, 11) is 0. The van der Waals surface area contributed by atoms with Gasteiger partial charge in [-0.05, 0) is 32.2 Å². The number of anilines is 1. The van der Waals surface area contributed by atoms with Crippen LogP contribution in [0.25, 0.3) is 0 Å². The SMILES string of the molecule is CC(C)c1c(Cl)ncnc1N1CC2CCCN2CC1C. The van der Waals surface area contributed by atoms with Crippen LogP contribution in [0.5, 0.6) is 0 Å². The molecule has 4 nitrogen and oxygen atoms in total. The molecule has 0 bridgehead atoms. The lowest BCUT2D eigenvalue weighted by atomic mass is 10.0. The molecule has 2 atom stereocenters. The molecule has 2 unspecified atom stereocenters. The van der Waals surface area contributed by atoms with Crippen molar-refractivity contribution in [3.63, 3.8) is 0 Å². The number of aromatic nitrogens is 2. The first-order chi connectivity index (χ1) is 9.58. The third-order valence-corrected chi connectivity index (χ3v) is 4.90. The number of fused-ring (bicyclic) bond motifs is 1. The van der Waals surface area contributed by atoms with Crippen molar-refractivity contribution in [2.75, 3.05) is 24.5 Å². The molecule has 2 fully saturated rings. The van der Waals surface area contributed by atoms with Gasteiger partial charge in [-0.15, -0.1) is 0 Å². The first-order valence-corrected chi connectivity index (χ1v) is 7.96. The fourth-order valence-corrected chi connectivity index (χ4v) is 3.92. The molecule has 5 heteroatoms. The van der Waals surface area contributed by atoms with E-state index in [0.29, 0.717) is 23.2 Å². The van der Waals surface area contributed by atoms with Crippen LogP contribution >= 0.6 is 11.6 Å². The Labute approximate surface area is 126 Å². The molecule has 0 aliphatic carbocycles. The summed E-state index contributed by atoms with van der Waals surface area (Å²) < 4.78 is 0. The Hall–Kier alpha value is -0.870. The Morgan fingerprint density at radius 2 is 2.10 bits per heavy atom. The van der Waals surface area contributed by atoms with Gasteiger partial charge in [-0.3, -0.25) is 4.90 Å². The van der Waals surface area contributed by atoms with Gasteiger partial charge >= 0.3 is 0 Å². The quantitative estimate of drug-likeness (QED) is 0.785. The van der Waals surface area contributed by atoms with Crippen molar-refractivity contribution in [3.05, 3.63) is 17.0 Å². The third-order valence-electron chi connectivity index (χ3n) is 4.60. The van der Waals surface area contributed by atoms with Crippen LogP contribution < -0.4 is 4.90 Å². The number of halogens is 1. The van der Waals surface area contributed by atoms with Gasteiger partial charge in [0.05, 0.1) is 0 Å². The van der Waals surface area contributed by atoms with Gasteiger partial charge < -0.3 is 4.90 Å². The van der Waals surface area contributed by atoms with Crippen molar-refractivity contribution in [3.8, 4) is 0 Å². The van der Waals surface area contributed by atoms with Crippen LogP contribution in [0.2, 0.25) is 5.15 Å². The van der Waals surface area contributed by atoms with E-state index >= 15 is 0 Å². The zero-order valence-corrected chi connectivity index (χ0v) is 13.3. The number of hydrogen-bond acceptors (Lipinski definition) is 4. The largest absolute Gasteiger partial charge is 0.351 e. The average Bonchev–Trinajstić information content (AvgIpc) is 2.84. The predicted molar refractivity (Wildman–Crippen MR) is 82.5 cm³/mol. The van der Waals surface area contributed by atoms with Crippen LogP contribution in [-0.4, -0.2) is 46.6 Å². The first-order valence-electron chi connectivity index (χ1n) is 7.59. The molecule has 3 heterocycles. The van der Waals surface area contributed by atoms with E-state index in [0.717, 1.165) is 24.5 Å². The fraction of sp³-hybridized carbons (Fsp3) is 0.733. The molecule has 1 aromatic heterocycles. The minimum atomic E-state index is 0.340. The van der Waals surface area contributed by atoms with Crippen molar-refractivity contribution in [2.24, 2.45) is 0 Å².